The minimum atomic E-state index is -0.0938. The Hall–Kier alpha value is -3.12. The van der Waals surface area contributed by atoms with Crippen LogP contribution in [-0.2, 0) is 13.0 Å². The number of amides is 2. The third-order valence-electron chi connectivity index (χ3n) is 5.35. The smallest absolute Gasteiger partial charge is 0.322 e. The van der Waals surface area contributed by atoms with E-state index in [-0.39, 0.29) is 6.03 Å². The molecule has 144 valence electrons. The van der Waals surface area contributed by atoms with E-state index >= 15 is 0 Å². The van der Waals surface area contributed by atoms with Crippen molar-refractivity contribution in [2.75, 3.05) is 11.9 Å². The van der Waals surface area contributed by atoms with Gasteiger partial charge < -0.3 is 15.2 Å². The molecule has 5 rings (SSSR count). The molecule has 2 aromatic carbocycles. The van der Waals surface area contributed by atoms with Gasteiger partial charge in [-0.15, -0.1) is 0 Å². The van der Waals surface area contributed by atoms with Gasteiger partial charge in [0.1, 0.15) is 5.65 Å². The molecular weight excluding hydrogens is 428 g/mol. The van der Waals surface area contributed by atoms with E-state index in [0.29, 0.717) is 13.1 Å². The second kappa shape index (κ2) is 7.37. The zero-order valence-electron chi connectivity index (χ0n) is 15.7. The number of pyridine rings is 1. The molecule has 3 heterocycles. The predicted molar refractivity (Wildman–Crippen MR) is 119 cm³/mol. The lowest BCUT2D eigenvalue weighted by atomic mass is 9.95. The molecule has 0 aliphatic carbocycles. The van der Waals surface area contributed by atoms with Crippen LogP contribution in [0.4, 0.5) is 10.5 Å². The second-order valence-corrected chi connectivity index (χ2v) is 8.12. The van der Waals surface area contributed by atoms with Gasteiger partial charge in [0.2, 0.25) is 0 Å². The second-order valence-electron chi connectivity index (χ2n) is 7.20. The number of carbonyl (C=O) groups is 1. The third kappa shape index (κ3) is 3.51. The topological polar surface area (TPSA) is 61.0 Å². The van der Waals surface area contributed by atoms with E-state index in [9.17, 15) is 4.79 Å². The Balaban J connectivity index is 1.34. The molecule has 4 aromatic rings. The van der Waals surface area contributed by atoms with Crippen LogP contribution in [-0.4, -0.2) is 27.4 Å². The van der Waals surface area contributed by atoms with Crippen molar-refractivity contribution in [2.24, 2.45) is 0 Å². The van der Waals surface area contributed by atoms with Gasteiger partial charge in [0.25, 0.3) is 0 Å². The molecule has 1 aliphatic heterocycles. The molecule has 2 aromatic heterocycles. The Morgan fingerprint density at radius 2 is 1.93 bits per heavy atom. The average molecular weight is 447 g/mol. The van der Waals surface area contributed by atoms with Crippen molar-refractivity contribution >= 4 is 38.7 Å². The Bertz CT molecular complexity index is 1200. The number of nitrogens with one attached hydrogen (secondary N) is 2. The van der Waals surface area contributed by atoms with Gasteiger partial charge in [-0.05, 0) is 50.7 Å². The predicted octanol–water partition coefficient (Wildman–Crippen LogP) is 5.58. The number of halogens is 1. The summed E-state index contributed by atoms with van der Waals surface area (Å²) in [6.45, 7) is 1.31. The lowest BCUT2D eigenvalue weighted by Gasteiger charge is -2.29. The monoisotopic (exact) mass is 446 g/mol. The Morgan fingerprint density at radius 1 is 1.07 bits per heavy atom. The summed E-state index contributed by atoms with van der Waals surface area (Å²) < 4.78 is 0.876. The van der Waals surface area contributed by atoms with Crippen molar-refractivity contribution in [3.63, 3.8) is 0 Å². The first-order chi connectivity index (χ1) is 14.2. The van der Waals surface area contributed by atoms with Crippen molar-refractivity contribution in [3.8, 4) is 11.1 Å². The van der Waals surface area contributed by atoms with Gasteiger partial charge in [0, 0.05) is 35.3 Å². The number of hydrogen-bond donors (Lipinski definition) is 2. The summed E-state index contributed by atoms with van der Waals surface area (Å²) in [4.78, 5) is 22.1. The lowest BCUT2D eigenvalue weighted by Crippen LogP contribution is -2.38. The van der Waals surface area contributed by atoms with Gasteiger partial charge >= 0.3 is 6.03 Å². The van der Waals surface area contributed by atoms with Crippen LogP contribution in [0.1, 0.15) is 11.1 Å². The number of H-pyrrole nitrogens is 1. The van der Waals surface area contributed by atoms with E-state index in [4.69, 9.17) is 0 Å². The number of hydrogen-bond acceptors (Lipinski definition) is 2. The van der Waals surface area contributed by atoms with Crippen LogP contribution >= 0.6 is 15.9 Å². The molecule has 0 atom stereocenters. The Morgan fingerprint density at radius 3 is 2.79 bits per heavy atom. The summed E-state index contributed by atoms with van der Waals surface area (Å²) in [7, 11) is 0. The largest absolute Gasteiger partial charge is 0.344 e. The van der Waals surface area contributed by atoms with Crippen molar-refractivity contribution < 1.29 is 4.79 Å². The minimum absolute atomic E-state index is 0.0938. The highest BCUT2D eigenvalue weighted by Gasteiger charge is 2.22. The molecule has 2 N–H and O–H groups in total. The maximum absolute atomic E-state index is 12.9. The number of aromatic nitrogens is 2. The summed E-state index contributed by atoms with van der Waals surface area (Å²) in [5.41, 5.74) is 6.45. The number of rotatable bonds is 2. The van der Waals surface area contributed by atoms with Gasteiger partial charge in [0.05, 0.1) is 5.69 Å². The highest BCUT2D eigenvalue weighted by atomic mass is 79.9. The molecule has 0 fully saturated rings. The number of nitrogens with zero attached hydrogens (tertiary/aromatic N) is 2. The number of anilines is 1. The van der Waals surface area contributed by atoms with E-state index in [2.05, 4.69) is 73.7 Å². The van der Waals surface area contributed by atoms with Gasteiger partial charge in [-0.2, -0.15) is 0 Å². The number of urea groups is 1. The number of fused-ring (bicyclic) bond motifs is 2. The SMILES string of the molecule is O=C(Nc1c[nH]c2ncc(Br)cc12)N1CCc2cc(-c3ccccc3)ccc2C1. The van der Waals surface area contributed by atoms with Crippen LogP contribution in [0.15, 0.2) is 71.5 Å². The van der Waals surface area contributed by atoms with Gasteiger partial charge in [-0.1, -0.05) is 48.5 Å². The maximum atomic E-state index is 12.9. The number of carbonyl (C=O) groups excluding carboxylic acids is 1. The first kappa shape index (κ1) is 17.9. The fourth-order valence-electron chi connectivity index (χ4n) is 3.81. The highest BCUT2D eigenvalue weighted by Crippen LogP contribution is 2.28. The van der Waals surface area contributed by atoms with Gasteiger partial charge in [0.15, 0.2) is 0 Å². The van der Waals surface area contributed by atoms with E-state index in [0.717, 1.165) is 27.6 Å². The van der Waals surface area contributed by atoms with Crippen LogP contribution in [0, 0.1) is 0 Å². The summed E-state index contributed by atoms with van der Waals surface area (Å²) in [5.74, 6) is 0. The molecule has 0 spiro atoms. The normalized spacial score (nSPS) is 13.3. The lowest BCUT2D eigenvalue weighted by molar-refractivity contribution is 0.206. The third-order valence-corrected chi connectivity index (χ3v) is 5.79. The van der Waals surface area contributed by atoms with E-state index in [1.807, 2.05) is 17.0 Å². The Kier molecular flexibility index (Phi) is 4.56. The summed E-state index contributed by atoms with van der Waals surface area (Å²) in [6, 6.07) is 18.8. The van der Waals surface area contributed by atoms with E-state index in [1.165, 1.54) is 22.3 Å². The van der Waals surface area contributed by atoms with Crippen LogP contribution in [0.25, 0.3) is 22.2 Å². The number of benzene rings is 2. The molecule has 2 amide bonds. The molecule has 6 heteroatoms. The molecule has 0 bridgehead atoms. The summed E-state index contributed by atoms with van der Waals surface area (Å²) in [5, 5.41) is 3.91. The average Bonchev–Trinajstić information content (AvgIpc) is 3.15. The van der Waals surface area contributed by atoms with Crippen LogP contribution in [0.2, 0.25) is 0 Å². The first-order valence-electron chi connectivity index (χ1n) is 9.53. The maximum Gasteiger partial charge on any atom is 0.322 e. The van der Waals surface area contributed by atoms with Crippen molar-refractivity contribution in [3.05, 3.63) is 82.6 Å². The molecular formula is C23H19BrN4O. The molecule has 0 saturated carbocycles. The summed E-state index contributed by atoms with van der Waals surface area (Å²) >= 11 is 3.44. The quantitative estimate of drug-likeness (QED) is 0.421. The van der Waals surface area contributed by atoms with Crippen LogP contribution in [0.3, 0.4) is 0 Å². The zero-order valence-corrected chi connectivity index (χ0v) is 17.2. The molecule has 0 radical (unpaired) electrons. The highest BCUT2D eigenvalue weighted by molar-refractivity contribution is 9.10. The van der Waals surface area contributed by atoms with Crippen molar-refractivity contribution in [1.29, 1.82) is 0 Å². The molecule has 5 nitrogen and oxygen atoms in total. The van der Waals surface area contributed by atoms with Crippen LogP contribution < -0.4 is 5.32 Å². The first-order valence-corrected chi connectivity index (χ1v) is 10.3. The molecule has 0 saturated heterocycles. The fraction of sp³-hybridized carbons (Fsp3) is 0.130. The minimum Gasteiger partial charge on any atom is -0.344 e. The Labute approximate surface area is 176 Å². The van der Waals surface area contributed by atoms with Gasteiger partial charge in [-0.3, -0.25) is 0 Å². The van der Waals surface area contributed by atoms with E-state index in [1.54, 1.807) is 12.4 Å². The molecule has 29 heavy (non-hydrogen) atoms. The van der Waals surface area contributed by atoms with Crippen molar-refractivity contribution in [1.82, 2.24) is 14.9 Å². The van der Waals surface area contributed by atoms with Crippen molar-refractivity contribution in [2.45, 2.75) is 13.0 Å². The fourth-order valence-corrected chi connectivity index (χ4v) is 4.14. The standard InChI is InChI=1S/C23H19BrN4O/c24-19-11-20-21(13-26-22(20)25-12-19)27-23(29)28-9-8-17-10-16(6-7-18(17)14-28)15-4-2-1-3-5-15/h1-7,10-13H,8-9,14H2,(H,25,26)(H,27,29). The number of aromatic amines is 1. The van der Waals surface area contributed by atoms with Gasteiger partial charge in [-0.25, -0.2) is 9.78 Å². The van der Waals surface area contributed by atoms with E-state index < -0.39 is 0 Å². The van der Waals surface area contributed by atoms with Crippen LogP contribution in [0.5, 0.6) is 0 Å². The summed E-state index contributed by atoms with van der Waals surface area (Å²) in [6.07, 6.45) is 4.37. The zero-order chi connectivity index (χ0) is 19.8. The molecule has 0 unspecified atom stereocenters. The molecule has 1 aliphatic rings.